The third-order valence-corrected chi connectivity index (χ3v) is 9.20. The number of hydrogen-bond donors (Lipinski definition) is 0. The molecular weight excluding hydrogens is 612 g/mol. The molecule has 0 aliphatic rings. The zero-order chi connectivity index (χ0) is 24.1. The van der Waals surface area contributed by atoms with E-state index in [-0.39, 0.29) is 45.3 Å². The molecule has 0 nitrogen and oxygen atoms in total. The molecule has 36 heavy (non-hydrogen) atoms. The average molecular weight is 643 g/mol. The Morgan fingerprint density at radius 1 is 0.611 bits per heavy atom. The summed E-state index contributed by atoms with van der Waals surface area (Å²) in [7, 11) is -0.331. The van der Waals surface area contributed by atoms with Crippen LogP contribution in [0.25, 0.3) is 32.2 Å². The predicted molar refractivity (Wildman–Crippen MR) is 154 cm³/mol. The van der Waals surface area contributed by atoms with Crippen LogP contribution >= 0.6 is 15.1 Å². The molecule has 0 radical (unpaired) electrons. The third-order valence-electron chi connectivity index (χ3n) is 5.48. The van der Waals surface area contributed by atoms with Crippen LogP contribution in [0.1, 0.15) is 11.1 Å². The summed E-state index contributed by atoms with van der Waals surface area (Å²) < 4.78 is 0. The number of benzene rings is 2. The Morgan fingerprint density at radius 3 is 1.28 bits per heavy atom. The molecule has 0 N–H and O–H groups in total. The molecule has 2 aromatic heterocycles. The Labute approximate surface area is 245 Å². The largest absolute Gasteiger partial charge is 1.00 e. The molecule has 2 heterocycles. The molecule has 0 fully saturated rings. The van der Waals surface area contributed by atoms with Crippen LogP contribution < -0.4 is 24.8 Å². The maximum Gasteiger partial charge on any atom is -0.0388 e. The molecule has 0 amide bonds. The summed E-state index contributed by atoms with van der Waals surface area (Å²) in [6.07, 6.45) is 0. The maximum atomic E-state index is 2.33. The number of halogens is 2. The van der Waals surface area contributed by atoms with Gasteiger partial charge in [0.1, 0.15) is 0 Å². The van der Waals surface area contributed by atoms with Gasteiger partial charge in [0.05, 0.1) is 0 Å². The predicted octanol–water partition coefficient (Wildman–Crippen LogP) is 4.48. The van der Waals surface area contributed by atoms with E-state index in [1.54, 1.807) is 23.3 Å². The van der Waals surface area contributed by atoms with Crippen molar-refractivity contribution in [3.63, 3.8) is 0 Å². The molecular formula is C30H30Cl2P2SiZr-2. The normalized spacial score (nSPS) is 9.94. The molecule has 0 aliphatic carbocycles. The number of hydrogen-bond acceptors (Lipinski definition) is 0. The van der Waals surface area contributed by atoms with Gasteiger partial charge >= 0.3 is 41.9 Å². The molecule has 184 valence electrons. The second-order valence-corrected chi connectivity index (χ2v) is 22.1. The van der Waals surface area contributed by atoms with Crippen molar-refractivity contribution in [1.29, 1.82) is 0 Å². The van der Waals surface area contributed by atoms with Gasteiger partial charge in [0.25, 0.3) is 0 Å². The smallest absolute Gasteiger partial charge is 0.0388 e. The summed E-state index contributed by atoms with van der Waals surface area (Å²) in [5.41, 5.74) is 2.92. The molecule has 0 saturated heterocycles. The van der Waals surface area contributed by atoms with Gasteiger partial charge in [-0.05, 0) is 33.8 Å². The minimum Gasteiger partial charge on any atom is -1.00 e. The first-order chi connectivity index (χ1) is 16.4. The summed E-state index contributed by atoms with van der Waals surface area (Å²) in [5, 5.41) is 8.38. The fraction of sp³-hybridized carbons (Fsp3) is 0.133. The molecule has 6 heteroatoms. The van der Waals surface area contributed by atoms with E-state index >= 15 is 0 Å². The maximum absolute atomic E-state index is 2.33. The van der Waals surface area contributed by atoms with Gasteiger partial charge in [-0.3, -0.25) is 0 Å². The summed E-state index contributed by atoms with van der Waals surface area (Å²) in [6, 6.07) is 31.2. The first-order valence-electron chi connectivity index (χ1n) is 11.5. The van der Waals surface area contributed by atoms with E-state index in [0.717, 1.165) is 0 Å². The topological polar surface area (TPSA) is 0 Å². The van der Waals surface area contributed by atoms with Crippen LogP contribution in [0.5, 0.6) is 0 Å². The summed E-state index contributed by atoms with van der Waals surface area (Å²) in [6.45, 7) is 8.92. The van der Waals surface area contributed by atoms with E-state index in [2.05, 4.69) is 135 Å². The van der Waals surface area contributed by atoms with Crippen LogP contribution in [0.15, 0.2) is 108 Å². The quantitative estimate of drug-likeness (QED) is 0.193. The van der Waals surface area contributed by atoms with Gasteiger partial charge in [-0.25, -0.2) is 0 Å². The zero-order valence-corrected chi connectivity index (χ0v) is 27.8. The second kappa shape index (κ2) is 14.7. The first kappa shape index (κ1) is 31.1. The first-order valence-corrected chi connectivity index (χ1v) is 20.7. The van der Waals surface area contributed by atoms with Crippen molar-refractivity contribution in [2.24, 2.45) is 0 Å². The van der Waals surface area contributed by atoms with Crippen molar-refractivity contribution >= 4 is 42.0 Å². The van der Waals surface area contributed by atoms with Gasteiger partial charge < -0.3 is 24.8 Å². The number of fused-ring (bicyclic) bond motifs is 2. The average Bonchev–Trinajstić information content (AvgIpc) is 3.58. The van der Waals surface area contributed by atoms with E-state index in [0.29, 0.717) is 0 Å². The minimum atomic E-state index is -0.165. The van der Waals surface area contributed by atoms with Gasteiger partial charge in [0.2, 0.25) is 0 Å². The minimum absolute atomic E-state index is 0. The molecule has 0 spiro atoms. The van der Waals surface area contributed by atoms with Crippen LogP contribution in [0, 0.1) is 13.8 Å². The van der Waals surface area contributed by atoms with Gasteiger partial charge in [0, 0.05) is 0 Å². The molecule has 0 unspecified atom stereocenters. The molecule has 4 aromatic carbocycles. The molecule has 0 aliphatic heterocycles. The van der Waals surface area contributed by atoms with Crippen molar-refractivity contribution in [1.82, 2.24) is 0 Å². The second-order valence-electron chi connectivity index (χ2n) is 8.87. The Balaban J connectivity index is 0.000000211. The molecule has 0 saturated carbocycles. The Kier molecular flexibility index (Phi) is 12.7. The van der Waals surface area contributed by atoms with E-state index in [9.17, 15) is 0 Å². The Hall–Kier alpha value is -1.10. The van der Waals surface area contributed by atoms with Crippen LogP contribution in [-0.4, -0.2) is 5.43 Å². The fourth-order valence-corrected chi connectivity index (χ4v) is 7.13. The van der Waals surface area contributed by atoms with Gasteiger partial charge in [-0.2, -0.15) is 12.1 Å². The van der Waals surface area contributed by atoms with Gasteiger partial charge in [-0.15, -0.1) is 84.1 Å². The van der Waals surface area contributed by atoms with Gasteiger partial charge in [0.15, 0.2) is 0 Å². The van der Waals surface area contributed by atoms with Gasteiger partial charge in [-0.1, -0.05) is 50.2 Å². The van der Waals surface area contributed by atoms with E-state index in [4.69, 9.17) is 0 Å². The van der Waals surface area contributed by atoms with Crippen molar-refractivity contribution in [3.8, 4) is 10.6 Å². The van der Waals surface area contributed by atoms with E-state index < -0.39 is 0 Å². The van der Waals surface area contributed by atoms with Crippen molar-refractivity contribution < 1.29 is 48.1 Å². The number of aryl methyl sites for hydroxylation is 2. The van der Waals surface area contributed by atoms with Crippen molar-refractivity contribution in [2.75, 3.05) is 0 Å². The number of rotatable bonds is 2. The molecule has 6 aromatic rings. The Bertz CT molecular complexity index is 1400. The molecule has 6 rings (SSSR count). The Morgan fingerprint density at radius 2 is 0.944 bits per heavy atom. The van der Waals surface area contributed by atoms with Crippen molar-refractivity contribution in [3.05, 3.63) is 119 Å². The molecule has 0 bridgehead atoms. The SMILES string of the molecule is C[Si](C)=[Zr+2].Cc1cc2ccc(-p3cccc3)cc2[cH-]1.Cc1cc2ccc(-p3cccc3)cc2[cH-]1.[Cl-].[Cl-]. The van der Waals surface area contributed by atoms with Crippen LogP contribution in [0.2, 0.25) is 13.1 Å². The monoisotopic (exact) mass is 640 g/mol. The van der Waals surface area contributed by atoms with E-state index in [1.807, 2.05) is 0 Å². The third kappa shape index (κ3) is 8.46. The molecule has 0 atom stereocenters. The van der Waals surface area contributed by atoms with Crippen LogP contribution in [0.4, 0.5) is 0 Å². The van der Waals surface area contributed by atoms with Crippen LogP contribution in [-0.2, 0) is 23.3 Å². The fourth-order valence-electron chi connectivity index (χ4n) is 4.04. The summed E-state index contributed by atoms with van der Waals surface area (Å²) >= 11 is 1.74. The summed E-state index contributed by atoms with van der Waals surface area (Å²) in [4.78, 5) is 0. The van der Waals surface area contributed by atoms with Crippen LogP contribution in [0.3, 0.4) is 0 Å². The zero-order valence-electron chi connectivity index (χ0n) is 21.0. The summed E-state index contributed by atoms with van der Waals surface area (Å²) in [5.74, 6) is 9.19. The standard InChI is InChI=1S/2C14H12P.C2H6Si.2ClH.Zr/c2*1-11-8-12-4-5-14(10-13(12)9-11)15-6-2-3-7-15;1-3-2;;;/h2*2-10H,1H3;1-2H3;2*1H;/q2*-1;;;;+2/p-2. The van der Waals surface area contributed by atoms with E-state index in [1.165, 1.54) is 43.3 Å². The van der Waals surface area contributed by atoms with Crippen molar-refractivity contribution in [2.45, 2.75) is 26.9 Å².